The van der Waals surface area contributed by atoms with Gasteiger partial charge in [-0.2, -0.15) is 0 Å². The van der Waals surface area contributed by atoms with Gasteiger partial charge in [0.05, 0.1) is 13.7 Å². The maximum Gasteiger partial charge on any atom is 0.408 e. The van der Waals surface area contributed by atoms with E-state index >= 15 is 0 Å². The molecule has 3 aromatic carbocycles. The SMILES string of the molecule is COC(=O)[C@@H](N)Cc1ccc(P(=O)(OC)c2ccc(C[C@H](NC(=O)OCc3ccccc3)C(=O)OCC[Si](C)(C)C)cc2)cc1. The Morgan fingerprint density at radius 2 is 1.33 bits per heavy atom. The summed E-state index contributed by atoms with van der Waals surface area (Å²) < 4.78 is 35.1. The molecule has 0 saturated heterocycles. The summed E-state index contributed by atoms with van der Waals surface area (Å²) in [6.07, 6.45) is -0.324. The predicted molar refractivity (Wildman–Crippen MR) is 177 cm³/mol. The highest BCUT2D eigenvalue weighted by molar-refractivity contribution is 7.74. The number of benzene rings is 3. The molecule has 242 valence electrons. The van der Waals surface area contributed by atoms with Crippen molar-refractivity contribution < 1.29 is 37.7 Å². The van der Waals surface area contributed by atoms with Crippen molar-refractivity contribution in [2.24, 2.45) is 5.73 Å². The number of nitrogens with two attached hydrogens (primary N) is 1. The molecule has 3 N–H and O–H groups in total. The van der Waals surface area contributed by atoms with Crippen LogP contribution < -0.4 is 21.7 Å². The van der Waals surface area contributed by atoms with Gasteiger partial charge < -0.3 is 29.8 Å². The number of hydrogen-bond donors (Lipinski definition) is 2. The van der Waals surface area contributed by atoms with Crippen LogP contribution in [0.1, 0.15) is 16.7 Å². The molecule has 0 heterocycles. The minimum Gasteiger partial charge on any atom is -0.468 e. The molecule has 0 bridgehead atoms. The summed E-state index contributed by atoms with van der Waals surface area (Å²) in [6, 6.07) is 22.0. The largest absolute Gasteiger partial charge is 0.468 e. The molecule has 3 atom stereocenters. The minimum absolute atomic E-state index is 0.0597. The van der Waals surface area contributed by atoms with Gasteiger partial charge in [0.15, 0.2) is 0 Å². The lowest BCUT2D eigenvalue weighted by molar-refractivity contribution is -0.145. The second kappa shape index (κ2) is 16.5. The van der Waals surface area contributed by atoms with Crippen molar-refractivity contribution in [2.75, 3.05) is 20.8 Å². The van der Waals surface area contributed by atoms with E-state index in [9.17, 15) is 18.9 Å². The number of ether oxygens (including phenoxy) is 3. The minimum atomic E-state index is -3.45. The van der Waals surface area contributed by atoms with Gasteiger partial charge in [-0.3, -0.25) is 9.36 Å². The van der Waals surface area contributed by atoms with Gasteiger partial charge in [0.1, 0.15) is 18.7 Å². The lowest BCUT2D eigenvalue weighted by atomic mass is 10.1. The van der Waals surface area contributed by atoms with Crippen LogP contribution in [-0.4, -0.2) is 59.0 Å². The van der Waals surface area contributed by atoms with Crippen molar-refractivity contribution in [1.29, 1.82) is 0 Å². The van der Waals surface area contributed by atoms with Crippen LogP contribution in [-0.2, 0) is 52.3 Å². The Balaban J connectivity index is 1.73. The first kappa shape index (κ1) is 35.7. The number of esters is 2. The average Bonchev–Trinajstić information content (AvgIpc) is 3.03. The fourth-order valence-electron chi connectivity index (χ4n) is 4.40. The second-order valence-corrected chi connectivity index (χ2v) is 20.0. The molecule has 1 unspecified atom stereocenters. The fourth-order valence-corrected chi connectivity index (χ4v) is 6.92. The van der Waals surface area contributed by atoms with Crippen LogP contribution in [0.15, 0.2) is 78.9 Å². The molecule has 0 aromatic heterocycles. The molecule has 0 aliphatic carbocycles. The van der Waals surface area contributed by atoms with Crippen molar-refractivity contribution in [3.63, 3.8) is 0 Å². The maximum absolute atomic E-state index is 14.0. The van der Waals surface area contributed by atoms with Crippen molar-refractivity contribution >= 4 is 44.1 Å². The third-order valence-electron chi connectivity index (χ3n) is 7.09. The van der Waals surface area contributed by atoms with E-state index in [1.54, 1.807) is 48.5 Å². The molecule has 1 amide bonds. The summed E-state index contributed by atoms with van der Waals surface area (Å²) in [5, 5.41) is 3.58. The summed E-state index contributed by atoms with van der Waals surface area (Å²) in [5.74, 6) is -1.06. The van der Waals surface area contributed by atoms with Crippen LogP contribution in [0.3, 0.4) is 0 Å². The Kier molecular flexibility index (Phi) is 13.1. The van der Waals surface area contributed by atoms with Gasteiger partial charge in [-0.1, -0.05) is 74.2 Å². The maximum atomic E-state index is 14.0. The third kappa shape index (κ3) is 11.0. The lowest BCUT2D eigenvalue weighted by Gasteiger charge is -2.21. The van der Waals surface area contributed by atoms with Crippen LogP contribution in [0.25, 0.3) is 0 Å². The summed E-state index contributed by atoms with van der Waals surface area (Å²) in [5.41, 5.74) is 8.18. The summed E-state index contributed by atoms with van der Waals surface area (Å²) in [4.78, 5) is 37.4. The standard InChI is InChI=1S/C33H43N2O8PSi/c1-40-31(36)29(34)21-24-11-15-27(16-12-24)44(39,41-2)28-17-13-25(14-18-28)22-30(32(37)42-19-20-45(3,4)5)35-33(38)43-23-26-9-7-6-8-10-26/h6-18,29-30H,19-23,34H2,1-5H3,(H,35,38)/t29-,30-,44?/m0/s1. The number of nitrogens with one attached hydrogen (secondary N) is 1. The van der Waals surface area contributed by atoms with Gasteiger partial charge in [-0.15, -0.1) is 0 Å². The Labute approximate surface area is 266 Å². The molecule has 0 spiro atoms. The van der Waals surface area contributed by atoms with E-state index in [0.29, 0.717) is 16.2 Å². The zero-order valence-electron chi connectivity index (χ0n) is 26.5. The molecule has 0 radical (unpaired) electrons. The first-order chi connectivity index (χ1) is 21.3. The topological polar surface area (TPSA) is 143 Å². The van der Waals surface area contributed by atoms with Crippen LogP contribution in [0, 0.1) is 0 Å². The molecule has 0 fully saturated rings. The number of alkyl carbamates (subject to hydrolysis) is 1. The number of carbonyl (C=O) groups is 3. The van der Waals surface area contributed by atoms with Gasteiger partial charge >= 0.3 is 18.0 Å². The lowest BCUT2D eigenvalue weighted by Crippen LogP contribution is -2.44. The van der Waals surface area contributed by atoms with E-state index in [4.69, 9.17) is 19.7 Å². The monoisotopic (exact) mass is 654 g/mol. The smallest absolute Gasteiger partial charge is 0.408 e. The Hall–Kier alpha value is -3.76. The van der Waals surface area contributed by atoms with Crippen molar-refractivity contribution in [3.8, 4) is 0 Å². The number of methoxy groups -OCH3 is 1. The summed E-state index contributed by atoms with van der Waals surface area (Å²) in [6.45, 7) is 6.89. The van der Waals surface area contributed by atoms with Crippen LogP contribution in [0.4, 0.5) is 4.79 Å². The molecule has 10 nitrogen and oxygen atoms in total. The number of amides is 1. The number of carbonyl (C=O) groups excluding carboxylic acids is 3. The van der Waals surface area contributed by atoms with Gasteiger partial charge in [0, 0.05) is 32.2 Å². The Morgan fingerprint density at radius 1 is 0.778 bits per heavy atom. The second-order valence-electron chi connectivity index (χ2n) is 11.8. The highest BCUT2D eigenvalue weighted by Crippen LogP contribution is 2.43. The molecule has 3 rings (SSSR count). The van der Waals surface area contributed by atoms with Crippen molar-refractivity contribution in [3.05, 3.63) is 95.6 Å². The Morgan fingerprint density at radius 3 is 1.84 bits per heavy atom. The van der Waals surface area contributed by atoms with Gasteiger partial charge in [0.25, 0.3) is 7.37 Å². The first-order valence-electron chi connectivity index (χ1n) is 14.7. The normalized spacial score (nSPS) is 14.0. The Bertz CT molecular complexity index is 1460. The fraction of sp³-hybridized carbons (Fsp3) is 0.364. The molecule has 0 aliphatic heterocycles. The quantitative estimate of drug-likeness (QED) is 0.106. The molecule has 0 aliphatic rings. The zero-order chi connectivity index (χ0) is 33.0. The third-order valence-corrected chi connectivity index (χ3v) is 11.3. The highest BCUT2D eigenvalue weighted by Gasteiger charge is 2.29. The van der Waals surface area contributed by atoms with E-state index in [0.717, 1.165) is 17.2 Å². The van der Waals surface area contributed by atoms with E-state index in [1.807, 2.05) is 30.3 Å². The average molecular weight is 655 g/mol. The van der Waals surface area contributed by atoms with Crippen molar-refractivity contribution in [2.45, 2.75) is 57.2 Å². The predicted octanol–water partition coefficient (Wildman–Crippen LogP) is 4.32. The van der Waals surface area contributed by atoms with E-state index in [1.165, 1.54) is 14.2 Å². The van der Waals surface area contributed by atoms with Crippen LogP contribution >= 0.6 is 7.37 Å². The van der Waals surface area contributed by atoms with Gasteiger partial charge in [0.2, 0.25) is 0 Å². The number of hydrogen-bond acceptors (Lipinski definition) is 9. The van der Waals surface area contributed by atoms with Crippen LogP contribution in [0.2, 0.25) is 25.7 Å². The van der Waals surface area contributed by atoms with E-state index < -0.39 is 45.6 Å². The first-order valence-corrected chi connectivity index (χ1v) is 20.0. The zero-order valence-corrected chi connectivity index (χ0v) is 28.4. The van der Waals surface area contributed by atoms with Crippen LogP contribution in [0.5, 0.6) is 0 Å². The van der Waals surface area contributed by atoms with E-state index in [2.05, 4.69) is 29.7 Å². The summed E-state index contributed by atoms with van der Waals surface area (Å²) >= 11 is 0. The molecular weight excluding hydrogens is 611 g/mol. The molecule has 0 saturated carbocycles. The van der Waals surface area contributed by atoms with Crippen molar-refractivity contribution in [1.82, 2.24) is 5.32 Å². The molecular formula is C33H43N2O8PSi. The number of rotatable bonds is 15. The highest BCUT2D eigenvalue weighted by atomic mass is 31.2. The molecule has 3 aromatic rings. The van der Waals surface area contributed by atoms with E-state index in [-0.39, 0.29) is 26.1 Å². The van der Waals surface area contributed by atoms with Gasteiger partial charge in [-0.25, -0.2) is 9.59 Å². The molecule has 12 heteroatoms. The van der Waals surface area contributed by atoms with Gasteiger partial charge in [-0.05, 0) is 53.4 Å². The summed E-state index contributed by atoms with van der Waals surface area (Å²) in [7, 11) is -2.22. The molecule has 45 heavy (non-hydrogen) atoms.